The zero-order valence-electron chi connectivity index (χ0n) is 11.1. The number of aliphatic hydroxyl groups excluding tert-OH is 1. The highest BCUT2D eigenvalue weighted by Gasteiger charge is 2.14. The predicted molar refractivity (Wildman–Crippen MR) is 75.4 cm³/mol. The molecule has 20 heavy (non-hydrogen) atoms. The van der Waals surface area contributed by atoms with Gasteiger partial charge in [-0.3, -0.25) is 4.98 Å². The summed E-state index contributed by atoms with van der Waals surface area (Å²) >= 11 is 0. The summed E-state index contributed by atoms with van der Waals surface area (Å²) in [6, 6.07) is 5.29. The van der Waals surface area contributed by atoms with Crippen molar-refractivity contribution in [2.24, 2.45) is 0 Å². The first-order chi connectivity index (χ1) is 9.67. The van der Waals surface area contributed by atoms with Crippen molar-refractivity contribution in [1.29, 1.82) is 0 Å². The number of carboxylic acids is 1. The van der Waals surface area contributed by atoms with Crippen LogP contribution in [0.3, 0.4) is 0 Å². The van der Waals surface area contributed by atoms with Crippen LogP contribution in [0.15, 0.2) is 24.4 Å². The molecule has 1 heterocycles. The van der Waals surface area contributed by atoms with Gasteiger partial charge in [0.05, 0.1) is 18.3 Å². The van der Waals surface area contributed by atoms with Crippen LogP contribution in [0.2, 0.25) is 0 Å². The Morgan fingerprint density at radius 3 is 2.90 bits per heavy atom. The van der Waals surface area contributed by atoms with E-state index in [0.717, 1.165) is 0 Å². The highest BCUT2D eigenvalue weighted by molar-refractivity contribution is 6.04. The molecule has 6 nitrogen and oxygen atoms in total. The zero-order chi connectivity index (χ0) is 14.5. The van der Waals surface area contributed by atoms with Crippen LogP contribution in [0.4, 0.5) is 5.69 Å². The minimum Gasteiger partial charge on any atom is -0.497 e. The van der Waals surface area contributed by atoms with E-state index in [0.29, 0.717) is 35.3 Å². The van der Waals surface area contributed by atoms with Crippen molar-refractivity contribution < 1.29 is 19.7 Å². The van der Waals surface area contributed by atoms with Gasteiger partial charge in [0.25, 0.3) is 0 Å². The molecule has 106 valence electrons. The topological polar surface area (TPSA) is 91.7 Å². The largest absolute Gasteiger partial charge is 0.497 e. The molecule has 1 aromatic carbocycles. The Hall–Kier alpha value is -2.34. The molecule has 2 rings (SSSR count). The lowest BCUT2D eigenvalue weighted by Gasteiger charge is -2.13. The van der Waals surface area contributed by atoms with Crippen molar-refractivity contribution in [1.82, 2.24) is 4.98 Å². The van der Waals surface area contributed by atoms with Crippen LogP contribution in [0, 0.1) is 0 Å². The van der Waals surface area contributed by atoms with E-state index >= 15 is 0 Å². The molecule has 0 unspecified atom stereocenters. The van der Waals surface area contributed by atoms with E-state index in [-0.39, 0.29) is 12.2 Å². The number of aromatic nitrogens is 1. The highest BCUT2D eigenvalue weighted by atomic mass is 16.5. The van der Waals surface area contributed by atoms with Gasteiger partial charge in [-0.1, -0.05) is 0 Å². The van der Waals surface area contributed by atoms with Gasteiger partial charge in [-0.2, -0.15) is 0 Å². The normalized spacial score (nSPS) is 10.5. The van der Waals surface area contributed by atoms with Gasteiger partial charge in [-0.15, -0.1) is 0 Å². The number of fused-ring (bicyclic) bond motifs is 1. The molecule has 0 fully saturated rings. The summed E-state index contributed by atoms with van der Waals surface area (Å²) in [7, 11) is 1.55. The molecule has 0 saturated heterocycles. The quantitative estimate of drug-likeness (QED) is 0.696. The lowest BCUT2D eigenvalue weighted by Crippen LogP contribution is -2.10. The van der Waals surface area contributed by atoms with Gasteiger partial charge in [0.15, 0.2) is 0 Å². The van der Waals surface area contributed by atoms with Crippen LogP contribution in [0.5, 0.6) is 5.75 Å². The van der Waals surface area contributed by atoms with Crippen LogP contribution in [-0.4, -0.2) is 41.4 Å². The maximum Gasteiger partial charge on any atom is 0.339 e. The molecular weight excluding hydrogens is 260 g/mol. The highest BCUT2D eigenvalue weighted by Crippen LogP contribution is 2.29. The Balaban J connectivity index is 2.55. The number of nitrogens with one attached hydrogen (secondary N) is 1. The van der Waals surface area contributed by atoms with E-state index < -0.39 is 5.97 Å². The molecule has 0 atom stereocenters. The number of carboxylic acid groups (broad SMARTS) is 1. The van der Waals surface area contributed by atoms with Crippen molar-refractivity contribution in [2.45, 2.75) is 6.42 Å². The Morgan fingerprint density at radius 2 is 2.25 bits per heavy atom. The van der Waals surface area contributed by atoms with Crippen LogP contribution < -0.4 is 10.1 Å². The Bertz CT molecular complexity index is 628. The number of nitrogens with zero attached hydrogens (tertiary/aromatic N) is 1. The molecule has 0 aliphatic heterocycles. The van der Waals surface area contributed by atoms with Gasteiger partial charge in [0.2, 0.25) is 0 Å². The number of hydrogen-bond donors (Lipinski definition) is 3. The second-order valence-electron chi connectivity index (χ2n) is 4.24. The van der Waals surface area contributed by atoms with Gasteiger partial charge >= 0.3 is 5.97 Å². The maximum atomic E-state index is 11.3. The standard InChI is InChI=1S/C14H16N2O4/c1-20-9-3-4-12-10(7-9)13(15-5-2-6-17)11(8-16-12)14(18)19/h3-4,7-8,17H,2,5-6H2,1H3,(H,15,16)(H,18,19). The van der Waals surface area contributed by atoms with Crippen molar-refractivity contribution in [3.05, 3.63) is 30.0 Å². The second-order valence-corrected chi connectivity index (χ2v) is 4.24. The minimum atomic E-state index is -1.05. The lowest BCUT2D eigenvalue weighted by atomic mass is 10.1. The molecule has 0 spiro atoms. The van der Waals surface area contributed by atoms with E-state index in [4.69, 9.17) is 9.84 Å². The van der Waals surface area contributed by atoms with Gasteiger partial charge in [0, 0.05) is 24.7 Å². The third-order valence-corrected chi connectivity index (χ3v) is 2.94. The van der Waals surface area contributed by atoms with Crippen molar-refractivity contribution in [3.8, 4) is 5.75 Å². The van der Waals surface area contributed by atoms with Crippen molar-refractivity contribution in [3.63, 3.8) is 0 Å². The summed E-state index contributed by atoms with van der Waals surface area (Å²) in [4.78, 5) is 15.4. The Morgan fingerprint density at radius 1 is 1.45 bits per heavy atom. The fourth-order valence-corrected chi connectivity index (χ4v) is 1.94. The fourth-order valence-electron chi connectivity index (χ4n) is 1.94. The summed E-state index contributed by atoms with van der Waals surface area (Å²) in [6.45, 7) is 0.523. The first kappa shape index (κ1) is 14.1. The van der Waals surface area contributed by atoms with Gasteiger partial charge in [0.1, 0.15) is 11.3 Å². The summed E-state index contributed by atoms with van der Waals surface area (Å²) < 4.78 is 5.16. The van der Waals surface area contributed by atoms with Crippen LogP contribution in [0.25, 0.3) is 10.9 Å². The number of methoxy groups -OCH3 is 1. The molecule has 3 N–H and O–H groups in total. The Kier molecular flexibility index (Phi) is 4.37. The van der Waals surface area contributed by atoms with Crippen LogP contribution >= 0.6 is 0 Å². The molecule has 1 aromatic heterocycles. The molecule has 0 aliphatic carbocycles. The van der Waals surface area contributed by atoms with Gasteiger partial charge in [-0.25, -0.2) is 4.79 Å². The molecule has 0 radical (unpaired) electrons. The average Bonchev–Trinajstić information content (AvgIpc) is 2.46. The number of carbonyl (C=O) groups is 1. The third kappa shape index (κ3) is 2.80. The van der Waals surface area contributed by atoms with Crippen LogP contribution in [-0.2, 0) is 0 Å². The summed E-state index contributed by atoms with van der Waals surface area (Å²) in [6.07, 6.45) is 1.87. The number of benzene rings is 1. The first-order valence-electron chi connectivity index (χ1n) is 6.22. The van der Waals surface area contributed by atoms with Crippen molar-refractivity contribution in [2.75, 3.05) is 25.6 Å². The average molecular weight is 276 g/mol. The van der Waals surface area contributed by atoms with Gasteiger partial charge < -0.3 is 20.3 Å². The van der Waals surface area contributed by atoms with Crippen LogP contribution in [0.1, 0.15) is 16.8 Å². The van der Waals surface area contributed by atoms with E-state index in [1.807, 2.05) is 0 Å². The number of ether oxygens (including phenoxy) is 1. The van der Waals surface area contributed by atoms with E-state index in [1.54, 1.807) is 25.3 Å². The number of pyridine rings is 1. The van der Waals surface area contributed by atoms with Crippen molar-refractivity contribution >= 4 is 22.6 Å². The number of rotatable bonds is 6. The van der Waals surface area contributed by atoms with E-state index in [1.165, 1.54) is 6.20 Å². The number of hydrogen-bond acceptors (Lipinski definition) is 5. The Labute approximate surface area is 116 Å². The molecular formula is C14H16N2O4. The van der Waals surface area contributed by atoms with E-state index in [9.17, 15) is 9.90 Å². The third-order valence-electron chi connectivity index (χ3n) is 2.94. The summed E-state index contributed by atoms with van der Waals surface area (Å²) in [5.74, 6) is -0.416. The maximum absolute atomic E-state index is 11.3. The van der Waals surface area contributed by atoms with E-state index in [2.05, 4.69) is 10.3 Å². The molecule has 2 aromatic rings. The number of aliphatic hydroxyl groups is 1. The number of anilines is 1. The zero-order valence-corrected chi connectivity index (χ0v) is 11.1. The molecule has 0 bridgehead atoms. The molecule has 0 aliphatic rings. The molecule has 0 amide bonds. The number of aromatic carboxylic acids is 1. The molecule has 0 saturated carbocycles. The monoisotopic (exact) mass is 276 g/mol. The van der Waals surface area contributed by atoms with Gasteiger partial charge in [-0.05, 0) is 24.6 Å². The summed E-state index contributed by atoms with van der Waals surface area (Å²) in [5, 5.41) is 21.8. The molecule has 6 heteroatoms. The first-order valence-corrected chi connectivity index (χ1v) is 6.22. The fraction of sp³-hybridized carbons (Fsp3) is 0.286. The predicted octanol–water partition coefficient (Wildman–Crippen LogP) is 1.74. The summed E-state index contributed by atoms with van der Waals surface area (Å²) in [5.41, 5.74) is 1.28. The second kappa shape index (κ2) is 6.21. The lowest BCUT2D eigenvalue weighted by molar-refractivity contribution is 0.0697. The SMILES string of the molecule is COc1ccc2ncc(C(=O)O)c(NCCCO)c2c1. The minimum absolute atomic E-state index is 0.0434. The smallest absolute Gasteiger partial charge is 0.339 e.